The van der Waals surface area contributed by atoms with Crippen LogP contribution in [0.25, 0.3) is 6.08 Å². The molecule has 0 saturated carbocycles. The van der Waals surface area contributed by atoms with Gasteiger partial charge in [-0.15, -0.1) is 0 Å². The first-order chi connectivity index (χ1) is 14.5. The number of hydrogen-bond donors (Lipinski definition) is 2. The lowest BCUT2D eigenvalue weighted by atomic mass is 9.93. The Balaban J connectivity index is 1.59. The Hall–Kier alpha value is -4.13. The Morgan fingerprint density at radius 2 is 1.87 bits per heavy atom. The highest BCUT2D eigenvalue weighted by Gasteiger charge is 2.29. The fourth-order valence-corrected chi connectivity index (χ4v) is 3.10. The van der Waals surface area contributed by atoms with E-state index in [-0.39, 0.29) is 22.6 Å². The summed E-state index contributed by atoms with van der Waals surface area (Å²) in [5.41, 5.74) is 1.98. The zero-order valence-electron chi connectivity index (χ0n) is 15.7. The summed E-state index contributed by atoms with van der Waals surface area (Å²) in [5, 5.41) is 5.42. The van der Waals surface area contributed by atoms with Gasteiger partial charge in [-0.05, 0) is 59.7 Å². The van der Waals surface area contributed by atoms with E-state index in [0.717, 1.165) is 5.56 Å². The summed E-state index contributed by atoms with van der Waals surface area (Å²) in [4.78, 5) is 41.7. The monoisotopic (exact) mass is 401 g/mol. The third-order valence-corrected chi connectivity index (χ3v) is 4.63. The summed E-state index contributed by atoms with van der Waals surface area (Å²) in [6, 6.07) is 13.7. The first-order valence-corrected chi connectivity index (χ1v) is 9.16. The first-order valence-electron chi connectivity index (χ1n) is 9.16. The number of hydrogen-bond acceptors (Lipinski definition) is 4. The number of benzene rings is 2. The summed E-state index contributed by atoms with van der Waals surface area (Å²) >= 11 is 0. The normalized spacial score (nSPS) is 14.2. The van der Waals surface area contributed by atoms with Crippen LogP contribution in [0.4, 0.5) is 10.1 Å². The lowest BCUT2D eigenvalue weighted by Gasteiger charge is -2.19. The number of ketones is 1. The zero-order chi connectivity index (χ0) is 21.1. The van der Waals surface area contributed by atoms with Crippen molar-refractivity contribution < 1.29 is 18.8 Å². The van der Waals surface area contributed by atoms with E-state index >= 15 is 0 Å². The number of rotatable bonds is 4. The van der Waals surface area contributed by atoms with Crippen LogP contribution in [0.1, 0.15) is 31.8 Å². The lowest BCUT2D eigenvalue weighted by Crippen LogP contribution is -2.28. The van der Waals surface area contributed by atoms with Gasteiger partial charge in [-0.1, -0.05) is 12.1 Å². The number of anilines is 1. The molecule has 0 aliphatic carbocycles. The molecule has 2 heterocycles. The minimum Gasteiger partial charge on any atom is -0.348 e. The molecule has 30 heavy (non-hydrogen) atoms. The molecule has 1 aliphatic rings. The topological polar surface area (TPSA) is 88.2 Å². The predicted molar refractivity (Wildman–Crippen MR) is 109 cm³/mol. The van der Waals surface area contributed by atoms with Gasteiger partial charge in [0, 0.05) is 30.1 Å². The first kappa shape index (κ1) is 19.2. The molecule has 2 N–H and O–H groups in total. The van der Waals surface area contributed by atoms with Crippen LogP contribution in [0.5, 0.6) is 0 Å². The number of halogens is 1. The summed E-state index contributed by atoms with van der Waals surface area (Å²) in [6.45, 7) is 0.313. The van der Waals surface area contributed by atoms with Gasteiger partial charge in [0.1, 0.15) is 5.82 Å². The molecule has 0 atom stereocenters. The van der Waals surface area contributed by atoms with Crippen molar-refractivity contribution in [2.45, 2.75) is 6.54 Å². The molecule has 0 unspecified atom stereocenters. The average Bonchev–Trinajstić information content (AvgIpc) is 2.75. The number of Topliss-reactive ketones (excluding diaryl/α,β-unsaturated/α-hetero) is 1. The molecule has 2 amide bonds. The number of fused-ring (bicyclic) bond motifs is 1. The molecular weight excluding hydrogens is 385 g/mol. The van der Waals surface area contributed by atoms with Gasteiger partial charge in [-0.3, -0.25) is 19.4 Å². The minimum absolute atomic E-state index is 0.123. The van der Waals surface area contributed by atoms with E-state index < -0.39 is 17.5 Å². The van der Waals surface area contributed by atoms with Gasteiger partial charge in [-0.2, -0.15) is 0 Å². The SMILES string of the molecule is O=C1Nc2ccc(C(=O)NCc3ccncc3)cc2C(=O)/C1=C\c1cccc(F)c1. The van der Waals surface area contributed by atoms with Crippen molar-refractivity contribution in [2.24, 2.45) is 0 Å². The van der Waals surface area contributed by atoms with Crippen LogP contribution >= 0.6 is 0 Å². The molecule has 7 heteroatoms. The highest BCUT2D eigenvalue weighted by Crippen LogP contribution is 2.27. The van der Waals surface area contributed by atoms with Crippen molar-refractivity contribution >= 4 is 29.4 Å². The number of nitrogens with one attached hydrogen (secondary N) is 2. The Bertz CT molecular complexity index is 1190. The van der Waals surface area contributed by atoms with Gasteiger partial charge in [-0.25, -0.2) is 4.39 Å². The summed E-state index contributed by atoms with van der Waals surface area (Å²) in [6.07, 6.45) is 4.60. The molecule has 0 bridgehead atoms. The molecule has 0 spiro atoms. The second kappa shape index (κ2) is 8.08. The largest absolute Gasteiger partial charge is 0.348 e. The molecule has 2 aromatic carbocycles. The molecule has 0 radical (unpaired) electrons. The summed E-state index contributed by atoms with van der Waals surface area (Å²) in [5.74, 6) is -1.93. The molecule has 4 rings (SSSR count). The maximum atomic E-state index is 13.4. The quantitative estimate of drug-likeness (QED) is 0.518. The van der Waals surface area contributed by atoms with Crippen molar-refractivity contribution in [1.82, 2.24) is 10.3 Å². The van der Waals surface area contributed by atoms with Crippen LogP contribution < -0.4 is 10.6 Å². The molecule has 3 aromatic rings. The zero-order valence-corrected chi connectivity index (χ0v) is 15.7. The Kier molecular flexibility index (Phi) is 5.17. The lowest BCUT2D eigenvalue weighted by molar-refractivity contribution is -0.112. The van der Waals surface area contributed by atoms with Gasteiger partial charge in [0.25, 0.3) is 11.8 Å². The molecule has 1 aromatic heterocycles. The van der Waals surface area contributed by atoms with Gasteiger partial charge < -0.3 is 10.6 Å². The average molecular weight is 401 g/mol. The van der Waals surface area contributed by atoms with Crippen molar-refractivity contribution in [3.05, 3.63) is 101 Å². The Morgan fingerprint density at radius 3 is 2.63 bits per heavy atom. The van der Waals surface area contributed by atoms with Crippen LogP contribution in [-0.2, 0) is 11.3 Å². The molecular formula is C23H16FN3O3. The number of aromatic nitrogens is 1. The number of pyridine rings is 1. The van der Waals surface area contributed by atoms with E-state index in [9.17, 15) is 18.8 Å². The molecule has 148 valence electrons. The predicted octanol–water partition coefficient (Wildman–Crippen LogP) is 3.37. The summed E-state index contributed by atoms with van der Waals surface area (Å²) < 4.78 is 13.4. The number of carbonyl (C=O) groups is 3. The van der Waals surface area contributed by atoms with E-state index in [2.05, 4.69) is 15.6 Å². The van der Waals surface area contributed by atoms with Gasteiger partial charge in [0.2, 0.25) is 5.78 Å². The van der Waals surface area contributed by atoms with E-state index in [1.165, 1.54) is 42.5 Å². The maximum Gasteiger partial charge on any atom is 0.259 e. The van der Waals surface area contributed by atoms with Crippen LogP contribution in [0.3, 0.4) is 0 Å². The fraction of sp³-hybridized carbons (Fsp3) is 0.0435. The summed E-state index contributed by atoms with van der Waals surface area (Å²) in [7, 11) is 0. The second-order valence-corrected chi connectivity index (χ2v) is 6.69. The Labute approximate surface area is 171 Å². The van der Waals surface area contributed by atoms with Crippen LogP contribution in [0.2, 0.25) is 0 Å². The highest BCUT2D eigenvalue weighted by molar-refractivity contribution is 6.36. The van der Waals surface area contributed by atoms with Crippen molar-refractivity contribution in [3.63, 3.8) is 0 Å². The smallest absolute Gasteiger partial charge is 0.259 e. The number of amides is 2. The van der Waals surface area contributed by atoms with Crippen molar-refractivity contribution in [1.29, 1.82) is 0 Å². The maximum absolute atomic E-state index is 13.4. The molecule has 0 saturated heterocycles. The Morgan fingerprint density at radius 1 is 1.07 bits per heavy atom. The third kappa shape index (κ3) is 4.00. The molecule has 6 nitrogen and oxygen atoms in total. The fourth-order valence-electron chi connectivity index (χ4n) is 3.10. The van der Waals surface area contributed by atoms with Crippen molar-refractivity contribution in [3.8, 4) is 0 Å². The third-order valence-electron chi connectivity index (χ3n) is 4.63. The second-order valence-electron chi connectivity index (χ2n) is 6.69. The van der Waals surface area contributed by atoms with Gasteiger partial charge in [0.15, 0.2) is 0 Å². The van der Waals surface area contributed by atoms with E-state index in [0.29, 0.717) is 17.8 Å². The van der Waals surface area contributed by atoms with Crippen molar-refractivity contribution in [2.75, 3.05) is 5.32 Å². The van der Waals surface area contributed by atoms with E-state index in [1.54, 1.807) is 30.6 Å². The van der Waals surface area contributed by atoms with Crippen LogP contribution in [-0.4, -0.2) is 22.6 Å². The van der Waals surface area contributed by atoms with E-state index in [1.807, 2.05) is 0 Å². The molecule has 0 fully saturated rings. The van der Waals surface area contributed by atoms with Gasteiger partial charge in [0.05, 0.1) is 11.3 Å². The van der Waals surface area contributed by atoms with Crippen LogP contribution in [0, 0.1) is 5.82 Å². The van der Waals surface area contributed by atoms with Gasteiger partial charge >= 0.3 is 0 Å². The number of nitrogens with zero attached hydrogens (tertiary/aromatic N) is 1. The van der Waals surface area contributed by atoms with E-state index in [4.69, 9.17) is 0 Å². The van der Waals surface area contributed by atoms with Crippen LogP contribution in [0.15, 0.2) is 72.6 Å². The number of carbonyl (C=O) groups excluding carboxylic acids is 3. The minimum atomic E-state index is -0.577. The highest BCUT2D eigenvalue weighted by atomic mass is 19.1. The standard InChI is InChI=1S/C23H16FN3O3/c24-17-3-1-2-15(10-17)11-19-21(28)18-12-16(4-5-20(18)27-23(19)30)22(29)26-13-14-6-8-25-9-7-14/h1-12H,13H2,(H,26,29)(H,27,30)/b19-11+. The molecule has 1 aliphatic heterocycles.